The monoisotopic (exact) mass is 357 g/mol. The van der Waals surface area contributed by atoms with E-state index in [1.54, 1.807) is 24.3 Å². The number of amides is 2. The maximum atomic E-state index is 12.0. The van der Waals surface area contributed by atoms with E-state index in [9.17, 15) is 19.7 Å². The lowest BCUT2D eigenvalue weighted by molar-refractivity contribution is -0.384. The van der Waals surface area contributed by atoms with Gasteiger partial charge in [0, 0.05) is 29.9 Å². The van der Waals surface area contributed by atoms with Gasteiger partial charge in [0.2, 0.25) is 0 Å². The molecule has 0 aliphatic carbocycles. The molecule has 0 bridgehead atoms. The van der Waals surface area contributed by atoms with Gasteiger partial charge in [-0.2, -0.15) is 0 Å². The van der Waals surface area contributed by atoms with E-state index in [-0.39, 0.29) is 18.2 Å². The van der Waals surface area contributed by atoms with E-state index in [0.29, 0.717) is 23.5 Å². The van der Waals surface area contributed by atoms with Gasteiger partial charge >= 0.3 is 0 Å². The van der Waals surface area contributed by atoms with Crippen LogP contribution >= 0.6 is 0 Å². The largest absolute Gasteiger partial charge is 0.484 e. The lowest BCUT2D eigenvalue weighted by Crippen LogP contribution is -2.24. The van der Waals surface area contributed by atoms with Crippen LogP contribution in [-0.2, 0) is 4.79 Å². The number of rotatable bonds is 8. The van der Waals surface area contributed by atoms with Crippen LogP contribution in [-0.4, -0.2) is 29.9 Å². The molecule has 8 nitrogen and oxygen atoms in total. The molecule has 0 aromatic heterocycles. The van der Waals surface area contributed by atoms with Gasteiger partial charge in [0.15, 0.2) is 6.61 Å². The Morgan fingerprint density at radius 2 is 1.88 bits per heavy atom. The van der Waals surface area contributed by atoms with E-state index >= 15 is 0 Å². The number of non-ortho nitro benzene ring substituents is 1. The number of nitro benzene ring substituents is 1. The standard InChI is InChI=1S/C18H19N3O5/c1-2-10-19-18(23)13-4-3-5-14(11-13)20-17(22)12-26-16-8-6-15(7-9-16)21(24)25/h3-9,11H,2,10,12H2,1H3,(H,19,23)(H,20,22). The van der Waals surface area contributed by atoms with Crippen LogP contribution < -0.4 is 15.4 Å². The molecule has 0 atom stereocenters. The predicted molar refractivity (Wildman–Crippen MR) is 96.3 cm³/mol. The molecule has 2 aromatic rings. The number of nitrogens with zero attached hydrogens (tertiary/aromatic N) is 1. The Hall–Kier alpha value is -3.42. The normalized spacial score (nSPS) is 10.0. The number of benzene rings is 2. The molecule has 0 saturated heterocycles. The molecule has 0 heterocycles. The van der Waals surface area contributed by atoms with Crippen molar-refractivity contribution in [3.63, 3.8) is 0 Å². The van der Waals surface area contributed by atoms with Gasteiger partial charge in [-0.25, -0.2) is 0 Å². The highest BCUT2D eigenvalue weighted by Crippen LogP contribution is 2.17. The number of anilines is 1. The summed E-state index contributed by atoms with van der Waals surface area (Å²) < 4.78 is 5.29. The van der Waals surface area contributed by atoms with Crippen molar-refractivity contribution in [2.45, 2.75) is 13.3 Å². The number of nitro groups is 1. The van der Waals surface area contributed by atoms with Gasteiger partial charge in [-0.05, 0) is 36.8 Å². The Labute approximate surface area is 150 Å². The summed E-state index contributed by atoms with van der Waals surface area (Å²) in [6.45, 7) is 2.28. The van der Waals surface area contributed by atoms with Crippen molar-refractivity contribution in [3.05, 3.63) is 64.2 Å². The molecule has 2 aromatic carbocycles. The summed E-state index contributed by atoms with van der Waals surface area (Å²) in [7, 11) is 0. The number of carbonyl (C=O) groups excluding carboxylic acids is 2. The van der Waals surface area contributed by atoms with Gasteiger partial charge in [0.1, 0.15) is 5.75 Å². The molecule has 0 fully saturated rings. The maximum absolute atomic E-state index is 12.0. The van der Waals surface area contributed by atoms with Crippen molar-refractivity contribution in [2.24, 2.45) is 0 Å². The van der Waals surface area contributed by atoms with E-state index in [1.807, 2.05) is 6.92 Å². The summed E-state index contributed by atoms with van der Waals surface area (Å²) in [4.78, 5) is 34.0. The molecular weight excluding hydrogens is 338 g/mol. The first-order valence-corrected chi connectivity index (χ1v) is 8.05. The minimum Gasteiger partial charge on any atom is -0.484 e. The highest BCUT2D eigenvalue weighted by Gasteiger charge is 2.09. The van der Waals surface area contributed by atoms with Gasteiger partial charge < -0.3 is 15.4 Å². The summed E-state index contributed by atoms with van der Waals surface area (Å²) in [5.74, 6) is -0.266. The van der Waals surface area contributed by atoms with Crippen LogP contribution in [0, 0.1) is 10.1 Å². The SMILES string of the molecule is CCCNC(=O)c1cccc(NC(=O)COc2ccc([N+](=O)[O-])cc2)c1. The third-order valence-electron chi connectivity index (χ3n) is 3.36. The average Bonchev–Trinajstić information content (AvgIpc) is 2.65. The Morgan fingerprint density at radius 1 is 1.15 bits per heavy atom. The topological polar surface area (TPSA) is 111 Å². The third kappa shape index (κ3) is 5.59. The van der Waals surface area contributed by atoms with Crippen molar-refractivity contribution < 1.29 is 19.2 Å². The van der Waals surface area contributed by atoms with Crippen LogP contribution in [0.5, 0.6) is 5.75 Å². The van der Waals surface area contributed by atoms with Gasteiger partial charge in [-0.15, -0.1) is 0 Å². The van der Waals surface area contributed by atoms with Crippen molar-refractivity contribution >= 4 is 23.2 Å². The van der Waals surface area contributed by atoms with Crippen molar-refractivity contribution in [3.8, 4) is 5.75 Å². The van der Waals surface area contributed by atoms with Crippen LogP contribution in [0.25, 0.3) is 0 Å². The van der Waals surface area contributed by atoms with Crippen LogP contribution in [0.15, 0.2) is 48.5 Å². The Balaban J connectivity index is 1.89. The van der Waals surface area contributed by atoms with Gasteiger partial charge in [0.25, 0.3) is 17.5 Å². The van der Waals surface area contributed by atoms with E-state index in [1.165, 1.54) is 24.3 Å². The molecule has 0 aliphatic rings. The first-order valence-electron chi connectivity index (χ1n) is 8.05. The second kappa shape index (κ2) is 9.16. The Kier molecular flexibility index (Phi) is 6.67. The Bertz CT molecular complexity index is 790. The molecule has 136 valence electrons. The fourth-order valence-electron chi connectivity index (χ4n) is 2.09. The molecule has 8 heteroatoms. The van der Waals surface area contributed by atoms with Gasteiger partial charge in [-0.1, -0.05) is 13.0 Å². The summed E-state index contributed by atoms with van der Waals surface area (Å²) in [5.41, 5.74) is 0.874. The minimum absolute atomic E-state index is 0.0556. The predicted octanol–water partition coefficient (Wildman–Crippen LogP) is 2.75. The first-order chi connectivity index (χ1) is 12.5. The maximum Gasteiger partial charge on any atom is 0.269 e. The minimum atomic E-state index is -0.514. The second-order valence-corrected chi connectivity index (χ2v) is 5.42. The number of ether oxygens (including phenoxy) is 1. The molecular formula is C18H19N3O5. The van der Waals surface area contributed by atoms with Crippen LogP contribution in [0.4, 0.5) is 11.4 Å². The van der Waals surface area contributed by atoms with Crippen molar-refractivity contribution in [1.82, 2.24) is 5.32 Å². The number of hydrogen-bond acceptors (Lipinski definition) is 5. The number of carbonyl (C=O) groups is 2. The lowest BCUT2D eigenvalue weighted by Gasteiger charge is -2.09. The zero-order valence-corrected chi connectivity index (χ0v) is 14.2. The molecule has 26 heavy (non-hydrogen) atoms. The van der Waals surface area contributed by atoms with E-state index < -0.39 is 10.8 Å². The molecule has 2 N–H and O–H groups in total. The lowest BCUT2D eigenvalue weighted by atomic mass is 10.2. The third-order valence-corrected chi connectivity index (χ3v) is 3.36. The fourth-order valence-corrected chi connectivity index (χ4v) is 2.09. The average molecular weight is 357 g/mol. The van der Waals surface area contributed by atoms with E-state index in [4.69, 9.17) is 4.74 Å². The van der Waals surface area contributed by atoms with E-state index in [2.05, 4.69) is 10.6 Å². The molecule has 0 unspecified atom stereocenters. The molecule has 0 aliphatic heterocycles. The molecule has 2 rings (SSSR count). The van der Waals surface area contributed by atoms with Crippen LogP contribution in [0.1, 0.15) is 23.7 Å². The molecule has 0 radical (unpaired) electrons. The molecule has 0 spiro atoms. The number of hydrogen-bond donors (Lipinski definition) is 2. The van der Waals surface area contributed by atoms with E-state index in [0.717, 1.165) is 6.42 Å². The highest BCUT2D eigenvalue weighted by atomic mass is 16.6. The van der Waals surface area contributed by atoms with Gasteiger partial charge in [0.05, 0.1) is 4.92 Å². The zero-order valence-electron chi connectivity index (χ0n) is 14.2. The summed E-state index contributed by atoms with van der Waals surface area (Å²) in [6.07, 6.45) is 0.835. The molecule has 2 amide bonds. The number of nitrogens with one attached hydrogen (secondary N) is 2. The highest BCUT2D eigenvalue weighted by molar-refractivity contribution is 5.97. The van der Waals surface area contributed by atoms with Crippen molar-refractivity contribution in [2.75, 3.05) is 18.5 Å². The fraction of sp³-hybridized carbons (Fsp3) is 0.222. The summed E-state index contributed by atoms with van der Waals surface area (Å²) >= 11 is 0. The first kappa shape index (κ1) is 18.9. The summed E-state index contributed by atoms with van der Waals surface area (Å²) in [5, 5.41) is 16.0. The van der Waals surface area contributed by atoms with Crippen LogP contribution in [0.3, 0.4) is 0 Å². The van der Waals surface area contributed by atoms with Gasteiger partial charge in [-0.3, -0.25) is 19.7 Å². The smallest absolute Gasteiger partial charge is 0.269 e. The van der Waals surface area contributed by atoms with Crippen molar-refractivity contribution in [1.29, 1.82) is 0 Å². The Morgan fingerprint density at radius 3 is 2.54 bits per heavy atom. The summed E-state index contributed by atoms with van der Waals surface area (Å²) in [6, 6.07) is 12.0. The quantitative estimate of drug-likeness (QED) is 0.557. The zero-order chi connectivity index (χ0) is 18.9. The second-order valence-electron chi connectivity index (χ2n) is 5.42. The van der Waals surface area contributed by atoms with Crippen LogP contribution in [0.2, 0.25) is 0 Å². The molecule has 0 saturated carbocycles.